The van der Waals surface area contributed by atoms with Crippen LogP contribution in [0.25, 0.3) is 16.9 Å². The topological polar surface area (TPSA) is 195 Å². The molecule has 12 nitrogen and oxygen atoms in total. The number of nitrogens with one attached hydrogen (secondary N) is 2. The van der Waals surface area contributed by atoms with E-state index in [1.807, 2.05) is 12.1 Å². The van der Waals surface area contributed by atoms with Crippen LogP contribution in [-0.2, 0) is 22.9 Å². The highest BCUT2D eigenvalue weighted by atomic mass is 32.2. The fraction of sp³-hybridized carbons (Fsp3) is 0.185. The van der Waals surface area contributed by atoms with Crippen LogP contribution in [0.3, 0.4) is 0 Å². The maximum Gasteiger partial charge on any atom is 0.269 e. The van der Waals surface area contributed by atoms with Gasteiger partial charge in [-0.1, -0.05) is 6.07 Å². The SMILES string of the molecule is NC(=O)c1nn(-c2ccc(S(N)(=O)=O)cc2)c2c1CCc1ccc(NC(=O)c3cccnc3NCCCO)cc1-2. The molecule has 0 aliphatic heterocycles. The maximum absolute atomic E-state index is 13.2. The Morgan fingerprint density at radius 1 is 1.07 bits per heavy atom. The molecule has 4 aromatic rings. The van der Waals surface area contributed by atoms with E-state index in [1.165, 1.54) is 12.1 Å². The lowest BCUT2D eigenvalue weighted by atomic mass is 9.88. The fourth-order valence-electron chi connectivity index (χ4n) is 4.69. The zero-order chi connectivity index (χ0) is 28.4. The molecule has 0 saturated heterocycles. The molecule has 7 N–H and O–H groups in total. The van der Waals surface area contributed by atoms with Gasteiger partial charge in [0.2, 0.25) is 10.0 Å². The van der Waals surface area contributed by atoms with Gasteiger partial charge in [0, 0.05) is 36.2 Å². The maximum atomic E-state index is 13.2. The minimum atomic E-state index is -3.89. The molecule has 0 fully saturated rings. The number of carbonyl (C=O) groups is 2. The predicted octanol–water partition coefficient (Wildman–Crippen LogP) is 1.83. The van der Waals surface area contributed by atoms with Crippen molar-refractivity contribution in [1.29, 1.82) is 0 Å². The lowest BCUT2D eigenvalue weighted by Crippen LogP contribution is -2.17. The zero-order valence-electron chi connectivity index (χ0n) is 21.3. The van der Waals surface area contributed by atoms with E-state index in [-0.39, 0.29) is 23.1 Å². The number of aliphatic hydroxyl groups is 1. The van der Waals surface area contributed by atoms with Crippen molar-refractivity contribution < 1.29 is 23.1 Å². The van der Waals surface area contributed by atoms with Crippen LogP contribution < -0.4 is 21.5 Å². The molecule has 0 unspecified atom stereocenters. The number of fused-ring (bicyclic) bond motifs is 3. The first-order valence-electron chi connectivity index (χ1n) is 12.5. The van der Waals surface area contributed by atoms with Gasteiger partial charge in [-0.3, -0.25) is 9.59 Å². The minimum absolute atomic E-state index is 0.0167. The Bertz CT molecular complexity index is 1720. The van der Waals surface area contributed by atoms with Crippen molar-refractivity contribution in [2.24, 2.45) is 10.9 Å². The monoisotopic (exact) mass is 561 g/mol. The molecule has 0 bridgehead atoms. The van der Waals surface area contributed by atoms with Gasteiger partial charge in [0.05, 0.1) is 21.8 Å². The number of aromatic nitrogens is 3. The summed E-state index contributed by atoms with van der Waals surface area (Å²) in [5, 5.41) is 24.7. The van der Waals surface area contributed by atoms with E-state index >= 15 is 0 Å². The van der Waals surface area contributed by atoms with Crippen LogP contribution in [0, 0.1) is 0 Å². The first kappa shape index (κ1) is 27.0. The van der Waals surface area contributed by atoms with Crippen molar-refractivity contribution >= 4 is 33.3 Å². The van der Waals surface area contributed by atoms with Crippen LogP contribution in [0.15, 0.2) is 65.7 Å². The highest BCUT2D eigenvalue weighted by Crippen LogP contribution is 2.38. The molecule has 206 valence electrons. The Kier molecular flexibility index (Phi) is 7.34. The van der Waals surface area contributed by atoms with Crippen LogP contribution in [-0.4, -0.2) is 53.3 Å². The van der Waals surface area contributed by atoms with Gasteiger partial charge in [-0.05, 0) is 73.4 Å². The van der Waals surface area contributed by atoms with Gasteiger partial charge < -0.3 is 21.5 Å². The number of sulfonamides is 1. The van der Waals surface area contributed by atoms with Gasteiger partial charge in [0.25, 0.3) is 11.8 Å². The minimum Gasteiger partial charge on any atom is -0.396 e. The van der Waals surface area contributed by atoms with Crippen LogP contribution in [0.4, 0.5) is 11.5 Å². The van der Waals surface area contributed by atoms with Crippen LogP contribution in [0.1, 0.15) is 38.4 Å². The second-order valence-corrected chi connectivity index (χ2v) is 10.8. The lowest BCUT2D eigenvalue weighted by molar-refractivity contribution is 0.0992. The second-order valence-electron chi connectivity index (χ2n) is 9.22. The summed E-state index contributed by atoms with van der Waals surface area (Å²) >= 11 is 0. The van der Waals surface area contributed by atoms with Crippen molar-refractivity contribution in [3.63, 3.8) is 0 Å². The number of pyridine rings is 1. The smallest absolute Gasteiger partial charge is 0.269 e. The quantitative estimate of drug-likeness (QED) is 0.191. The largest absolute Gasteiger partial charge is 0.396 e. The Morgan fingerprint density at radius 2 is 1.85 bits per heavy atom. The Labute approximate surface area is 230 Å². The fourth-order valence-corrected chi connectivity index (χ4v) is 5.21. The Balaban J connectivity index is 1.53. The number of primary amides is 1. The molecule has 2 aromatic heterocycles. The number of benzene rings is 2. The molecule has 2 amide bonds. The zero-order valence-corrected chi connectivity index (χ0v) is 22.1. The van der Waals surface area contributed by atoms with Gasteiger partial charge in [-0.25, -0.2) is 23.2 Å². The number of primary sulfonamides is 1. The summed E-state index contributed by atoms with van der Waals surface area (Å²) in [6.07, 6.45) is 3.25. The number of nitrogens with two attached hydrogens (primary N) is 2. The standard InChI is InChI=1S/C27H27N7O5S/c28-25(36)23-20-11-5-16-4-6-17(32-27(37)21-3-1-12-30-26(21)31-13-2-14-35)15-22(16)24(20)34(33-23)18-7-9-19(10-8-18)40(29,38)39/h1,3-4,6-10,12,15,35H,2,5,11,13-14H2,(H2,28,36)(H,30,31)(H,32,37)(H2,29,38,39). The number of nitrogens with zero attached hydrogens (tertiary/aromatic N) is 3. The molecule has 1 aliphatic carbocycles. The molecular formula is C27H27N7O5S. The van der Waals surface area contributed by atoms with Gasteiger partial charge >= 0.3 is 0 Å². The number of carbonyl (C=O) groups excluding carboxylic acids is 2. The summed E-state index contributed by atoms with van der Waals surface area (Å²) in [6, 6.07) is 14.7. The molecule has 5 rings (SSSR count). The van der Waals surface area contributed by atoms with Crippen LogP contribution >= 0.6 is 0 Å². The third-order valence-electron chi connectivity index (χ3n) is 6.57. The van der Waals surface area contributed by atoms with Crippen LogP contribution in [0.5, 0.6) is 0 Å². The van der Waals surface area contributed by atoms with Gasteiger partial charge in [0.15, 0.2) is 5.69 Å². The summed E-state index contributed by atoms with van der Waals surface area (Å²) in [7, 11) is -3.89. The number of aryl methyl sites for hydroxylation is 1. The summed E-state index contributed by atoms with van der Waals surface area (Å²) in [5.41, 5.74) is 10.2. The molecule has 0 spiro atoms. The van der Waals surface area contributed by atoms with Gasteiger partial charge in [-0.2, -0.15) is 5.10 Å². The lowest BCUT2D eigenvalue weighted by Gasteiger charge is -2.20. The van der Waals surface area contributed by atoms with Crippen molar-refractivity contribution in [3.05, 3.63) is 83.2 Å². The third-order valence-corrected chi connectivity index (χ3v) is 7.50. The number of hydrogen-bond acceptors (Lipinski definition) is 8. The van der Waals surface area contributed by atoms with E-state index in [2.05, 4.69) is 20.7 Å². The number of rotatable bonds is 9. The van der Waals surface area contributed by atoms with Crippen molar-refractivity contribution in [2.75, 3.05) is 23.8 Å². The molecule has 2 aromatic carbocycles. The Hall–Kier alpha value is -4.59. The van der Waals surface area contributed by atoms with E-state index in [0.717, 1.165) is 11.1 Å². The molecule has 13 heteroatoms. The molecule has 2 heterocycles. The second kappa shape index (κ2) is 10.9. The van der Waals surface area contributed by atoms with Crippen molar-refractivity contribution in [1.82, 2.24) is 14.8 Å². The highest BCUT2D eigenvalue weighted by molar-refractivity contribution is 7.89. The molecule has 0 saturated carbocycles. The molecule has 0 atom stereocenters. The molecular weight excluding hydrogens is 534 g/mol. The van der Waals surface area contributed by atoms with Crippen molar-refractivity contribution in [3.8, 4) is 16.9 Å². The van der Waals surface area contributed by atoms with E-state index in [9.17, 15) is 18.0 Å². The number of aliphatic hydroxyl groups excluding tert-OH is 1. The number of amides is 2. The number of hydrogen-bond donors (Lipinski definition) is 5. The number of anilines is 2. The average molecular weight is 562 g/mol. The van der Waals surface area contributed by atoms with Gasteiger partial charge in [-0.15, -0.1) is 0 Å². The van der Waals surface area contributed by atoms with E-state index < -0.39 is 15.9 Å². The first-order valence-corrected chi connectivity index (χ1v) is 14.0. The summed E-state index contributed by atoms with van der Waals surface area (Å²) in [4.78, 5) is 29.7. The van der Waals surface area contributed by atoms with Crippen molar-refractivity contribution in [2.45, 2.75) is 24.2 Å². The first-order chi connectivity index (χ1) is 19.2. The molecule has 40 heavy (non-hydrogen) atoms. The third kappa shape index (κ3) is 5.30. The predicted molar refractivity (Wildman–Crippen MR) is 149 cm³/mol. The molecule has 0 radical (unpaired) electrons. The molecule has 1 aliphatic rings. The normalized spacial score (nSPS) is 12.3. The summed E-state index contributed by atoms with van der Waals surface area (Å²) < 4.78 is 25.0. The Morgan fingerprint density at radius 3 is 2.55 bits per heavy atom. The van der Waals surface area contributed by atoms with E-state index in [4.69, 9.17) is 16.0 Å². The van der Waals surface area contributed by atoms with Gasteiger partial charge in [0.1, 0.15) is 5.82 Å². The van der Waals surface area contributed by atoms with E-state index in [1.54, 1.807) is 41.2 Å². The summed E-state index contributed by atoms with van der Waals surface area (Å²) in [5.74, 6) is -0.650. The van der Waals surface area contributed by atoms with E-state index in [0.29, 0.717) is 59.8 Å². The average Bonchev–Trinajstić information content (AvgIpc) is 3.34. The van der Waals surface area contributed by atoms with Crippen LogP contribution in [0.2, 0.25) is 0 Å². The summed E-state index contributed by atoms with van der Waals surface area (Å²) in [6.45, 7) is 0.475. The highest BCUT2D eigenvalue weighted by Gasteiger charge is 2.28.